The molecule has 2 atom stereocenters. The summed E-state index contributed by atoms with van der Waals surface area (Å²) >= 11 is 1.76. The zero-order valence-corrected chi connectivity index (χ0v) is 10.2. The first-order chi connectivity index (χ1) is 7.36. The molecule has 1 aliphatic carbocycles. The van der Waals surface area contributed by atoms with Crippen LogP contribution in [-0.4, -0.2) is 19.8 Å². The molecule has 1 aliphatic rings. The van der Waals surface area contributed by atoms with Crippen molar-refractivity contribution in [1.29, 1.82) is 0 Å². The Hall–Kier alpha value is -0.380. The van der Waals surface area contributed by atoms with E-state index in [1.165, 1.54) is 18.4 Å². The van der Waals surface area contributed by atoms with Gasteiger partial charge in [-0.15, -0.1) is 0 Å². The molecular weight excluding hydrogens is 206 g/mol. The number of hydrogen-bond acceptors (Lipinski definition) is 3. The average Bonchev–Trinajstić information content (AvgIpc) is 2.96. The van der Waals surface area contributed by atoms with Gasteiger partial charge in [0.05, 0.1) is 12.1 Å². The standard InChI is InChI=1S/C12H19NOS/c1-3-14-12(9-4-5-9)11(13-2)10-6-7-15-8-10/h6-9,11-13H,3-5H2,1-2H3. The molecule has 1 aromatic heterocycles. The molecule has 0 aliphatic heterocycles. The minimum Gasteiger partial charge on any atom is -0.376 e. The van der Waals surface area contributed by atoms with Gasteiger partial charge in [-0.25, -0.2) is 0 Å². The van der Waals surface area contributed by atoms with E-state index >= 15 is 0 Å². The lowest BCUT2D eigenvalue weighted by molar-refractivity contribution is 0.0206. The summed E-state index contributed by atoms with van der Waals surface area (Å²) in [7, 11) is 2.02. The van der Waals surface area contributed by atoms with Crippen LogP contribution in [0.15, 0.2) is 16.8 Å². The lowest BCUT2D eigenvalue weighted by atomic mass is 10.0. The maximum Gasteiger partial charge on any atom is 0.0797 e. The first-order valence-electron chi connectivity index (χ1n) is 5.67. The van der Waals surface area contributed by atoms with Crippen molar-refractivity contribution in [2.45, 2.75) is 31.9 Å². The Morgan fingerprint density at radius 1 is 1.60 bits per heavy atom. The van der Waals surface area contributed by atoms with E-state index in [0.29, 0.717) is 12.1 Å². The van der Waals surface area contributed by atoms with Crippen LogP contribution in [0.2, 0.25) is 0 Å². The molecule has 1 aromatic rings. The lowest BCUT2D eigenvalue weighted by Gasteiger charge is -2.26. The Bertz CT molecular complexity index is 282. The number of hydrogen-bond donors (Lipinski definition) is 1. The third-order valence-electron chi connectivity index (χ3n) is 2.99. The fourth-order valence-corrected chi connectivity index (χ4v) is 2.79. The van der Waals surface area contributed by atoms with E-state index < -0.39 is 0 Å². The van der Waals surface area contributed by atoms with Crippen molar-refractivity contribution in [3.05, 3.63) is 22.4 Å². The van der Waals surface area contributed by atoms with Gasteiger partial charge in [-0.05, 0) is 55.1 Å². The Morgan fingerprint density at radius 2 is 2.40 bits per heavy atom. The Labute approximate surface area is 95.6 Å². The summed E-state index contributed by atoms with van der Waals surface area (Å²) in [4.78, 5) is 0. The third-order valence-corrected chi connectivity index (χ3v) is 3.69. The highest BCUT2D eigenvalue weighted by Gasteiger charge is 2.37. The number of likely N-dealkylation sites (N-methyl/N-ethyl adjacent to an activating group) is 1. The largest absolute Gasteiger partial charge is 0.376 e. The van der Waals surface area contributed by atoms with Crippen molar-refractivity contribution < 1.29 is 4.74 Å². The molecule has 0 saturated heterocycles. The topological polar surface area (TPSA) is 21.3 Å². The maximum absolute atomic E-state index is 5.88. The summed E-state index contributed by atoms with van der Waals surface area (Å²) in [6.45, 7) is 2.89. The molecule has 0 bridgehead atoms. The van der Waals surface area contributed by atoms with E-state index in [2.05, 4.69) is 29.1 Å². The van der Waals surface area contributed by atoms with Gasteiger partial charge in [-0.1, -0.05) is 0 Å². The highest BCUT2D eigenvalue weighted by Crippen LogP contribution is 2.40. The van der Waals surface area contributed by atoms with Crippen molar-refractivity contribution in [3.8, 4) is 0 Å². The van der Waals surface area contributed by atoms with Crippen molar-refractivity contribution in [2.24, 2.45) is 5.92 Å². The normalized spacial score (nSPS) is 20.1. The molecule has 84 valence electrons. The Morgan fingerprint density at radius 3 is 2.87 bits per heavy atom. The molecule has 15 heavy (non-hydrogen) atoms. The Kier molecular flexibility index (Phi) is 3.78. The van der Waals surface area contributed by atoms with E-state index in [4.69, 9.17) is 4.74 Å². The molecule has 2 rings (SSSR count). The fraction of sp³-hybridized carbons (Fsp3) is 0.667. The van der Waals surface area contributed by atoms with Gasteiger partial charge < -0.3 is 10.1 Å². The quantitative estimate of drug-likeness (QED) is 0.804. The van der Waals surface area contributed by atoms with Gasteiger partial charge in [0.25, 0.3) is 0 Å². The van der Waals surface area contributed by atoms with Crippen LogP contribution in [0.4, 0.5) is 0 Å². The molecule has 0 amide bonds. The molecule has 2 nitrogen and oxygen atoms in total. The molecule has 2 unspecified atom stereocenters. The van der Waals surface area contributed by atoms with Gasteiger partial charge in [-0.3, -0.25) is 0 Å². The smallest absolute Gasteiger partial charge is 0.0797 e. The van der Waals surface area contributed by atoms with E-state index in [0.717, 1.165) is 12.5 Å². The number of thiophene rings is 1. The first kappa shape index (κ1) is 11.1. The molecule has 0 radical (unpaired) electrons. The number of rotatable bonds is 6. The Balaban J connectivity index is 2.08. The van der Waals surface area contributed by atoms with Crippen molar-refractivity contribution in [3.63, 3.8) is 0 Å². The van der Waals surface area contributed by atoms with Crippen LogP contribution in [0.1, 0.15) is 31.4 Å². The SMILES string of the molecule is CCOC(C1CC1)C(NC)c1ccsc1. The second-order valence-electron chi connectivity index (χ2n) is 4.08. The predicted octanol–water partition coefficient (Wildman–Crippen LogP) is 2.82. The van der Waals surface area contributed by atoms with Crippen LogP contribution >= 0.6 is 11.3 Å². The van der Waals surface area contributed by atoms with Gasteiger partial charge in [0.2, 0.25) is 0 Å². The lowest BCUT2D eigenvalue weighted by Crippen LogP contribution is -2.33. The minimum absolute atomic E-state index is 0.356. The van der Waals surface area contributed by atoms with E-state index in [-0.39, 0.29) is 0 Å². The third kappa shape index (κ3) is 2.60. The van der Waals surface area contributed by atoms with Gasteiger partial charge in [0.15, 0.2) is 0 Å². The number of nitrogens with one attached hydrogen (secondary N) is 1. The molecule has 1 fully saturated rings. The second-order valence-corrected chi connectivity index (χ2v) is 4.86. The second kappa shape index (κ2) is 5.10. The van der Waals surface area contributed by atoms with Crippen molar-refractivity contribution in [2.75, 3.05) is 13.7 Å². The number of ether oxygens (including phenoxy) is 1. The summed E-state index contributed by atoms with van der Waals surface area (Å²) in [5.74, 6) is 0.766. The summed E-state index contributed by atoms with van der Waals surface area (Å²) in [6.07, 6.45) is 3.01. The summed E-state index contributed by atoms with van der Waals surface area (Å²) in [5.41, 5.74) is 1.37. The highest BCUT2D eigenvalue weighted by atomic mass is 32.1. The monoisotopic (exact) mass is 225 g/mol. The highest BCUT2D eigenvalue weighted by molar-refractivity contribution is 7.07. The zero-order valence-electron chi connectivity index (χ0n) is 9.40. The molecule has 3 heteroatoms. The predicted molar refractivity (Wildman–Crippen MR) is 64.3 cm³/mol. The van der Waals surface area contributed by atoms with Crippen LogP contribution in [0.5, 0.6) is 0 Å². The van der Waals surface area contributed by atoms with Gasteiger partial charge in [0.1, 0.15) is 0 Å². The van der Waals surface area contributed by atoms with Crippen molar-refractivity contribution in [1.82, 2.24) is 5.32 Å². The first-order valence-corrected chi connectivity index (χ1v) is 6.62. The van der Waals surface area contributed by atoms with Gasteiger partial charge in [0, 0.05) is 6.61 Å². The molecule has 1 N–H and O–H groups in total. The van der Waals surface area contributed by atoms with Crippen LogP contribution in [0.3, 0.4) is 0 Å². The van der Waals surface area contributed by atoms with Crippen LogP contribution in [-0.2, 0) is 4.74 Å². The van der Waals surface area contributed by atoms with Crippen LogP contribution in [0, 0.1) is 5.92 Å². The maximum atomic E-state index is 5.88. The van der Waals surface area contributed by atoms with Crippen LogP contribution < -0.4 is 5.32 Å². The minimum atomic E-state index is 0.356. The molecule has 0 aromatic carbocycles. The summed E-state index contributed by atoms with van der Waals surface area (Å²) < 4.78 is 5.88. The van der Waals surface area contributed by atoms with Crippen LogP contribution in [0.25, 0.3) is 0 Å². The molecule has 1 heterocycles. The van der Waals surface area contributed by atoms with E-state index in [9.17, 15) is 0 Å². The molecule has 0 spiro atoms. The summed E-state index contributed by atoms with van der Waals surface area (Å²) in [6, 6.07) is 2.56. The molecule has 1 saturated carbocycles. The van der Waals surface area contributed by atoms with Gasteiger partial charge in [-0.2, -0.15) is 11.3 Å². The fourth-order valence-electron chi connectivity index (χ4n) is 2.09. The van der Waals surface area contributed by atoms with Gasteiger partial charge >= 0.3 is 0 Å². The average molecular weight is 225 g/mol. The van der Waals surface area contributed by atoms with E-state index in [1.807, 2.05) is 7.05 Å². The van der Waals surface area contributed by atoms with Crippen molar-refractivity contribution >= 4 is 11.3 Å². The summed E-state index contributed by atoms with van der Waals surface area (Å²) in [5, 5.41) is 7.74. The van der Waals surface area contributed by atoms with E-state index in [1.54, 1.807) is 11.3 Å². The molecular formula is C12H19NOS. The zero-order chi connectivity index (χ0) is 10.7.